The Hall–Kier alpha value is -1.42. The van der Waals surface area contributed by atoms with Gasteiger partial charge in [0.15, 0.2) is 7.11 Å². The highest BCUT2D eigenvalue weighted by atomic mass is 16.8. The Morgan fingerprint density at radius 1 is 1.54 bits per heavy atom. The molecular formula is C9H12NO3+. The van der Waals surface area contributed by atoms with Gasteiger partial charge >= 0.3 is 5.69 Å². The minimum Gasteiger partial charge on any atom is -0.392 e. The quantitative estimate of drug-likeness (QED) is 0.720. The summed E-state index contributed by atoms with van der Waals surface area (Å²) in [4.78, 5) is 15.9. The van der Waals surface area contributed by atoms with Crippen molar-refractivity contribution >= 4 is 5.69 Å². The van der Waals surface area contributed by atoms with Crippen molar-refractivity contribution < 1.29 is 14.9 Å². The number of hydrogen-bond acceptors (Lipinski definition) is 3. The van der Waals surface area contributed by atoms with Crippen LogP contribution in [0.3, 0.4) is 0 Å². The van der Waals surface area contributed by atoms with Crippen LogP contribution in [0.25, 0.3) is 0 Å². The fourth-order valence-corrected chi connectivity index (χ4v) is 1.08. The number of aliphatic hydroxyl groups is 1. The smallest absolute Gasteiger partial charge is 0.317 e. The molecule has 0 saturated heterocycles. The van der Waals surface area contributed by atoms with E-state index in [0.717, 1.165) is 11.1 Å². The summed E-state index contributed by atoms with van der Waals surface area (Å²) < 4.78 is 0. The van der Waals surface area contributed by atoms with Crippen LogP contribution in [0.4, 0.5) is 5.69 Å². The van der Waals surface area contributed by atoms with Gasteiger partial charge < -0.3 is 5.11 Å². The van der Waals surface area contributed by atoms with Crippen LogP contribution in [-0.2, 0) is 11.4 Å². The first-order chi connectivity index (χ1) is 6.19. The van der Waals surface area contributed by atoms with Gasteiger partial charge in [0.25, 0.3) is 4.92 Å². The maximum absolute atomic E-state index is 11.0. The maximum atomic E-state index is 11.0. The fourth-order valence-electron chi connectivity index (χ4n) is 1.08. The molecule has 0 fully saturated rings. The topological polar surface area (TPSA) is 49.5 Å². The van der Waals surface area contributed by atoms with Gasteiger partial charge in [-0.05, 0) is 24.1 Å². The van der Waals surface area contributed by atoms with Gasteiger partial charge in [-0.3, -0.25) is 0 Å². The predicted molar refractivity (Wildman–Crippen MR) is 47.4 cm³/mol. The number of nitrogens with zero attached hydrogens (tertiary/aromatic N) is 1. The van der Waals surface area contributed by atoms with E-state index in [-0.39, 0.29) is 6.61 Å². The van der Waals surface area contributed by atoms with Gasteiger partial charge in [0, 0.05) is 12.1 Å². The van der Waals surface area contributed by atoms with Crippen LogP contribution in [0.2, 0.25) is 0 Å². The van der Waals surface area contributed by atoms with E-state index in [0.29, 0.717) is 10.6 Å². The SMILES string of the molecule is CO[N+](=O)c1ccc(CO)c(C)c1. The Bertz CT molecular complexity index is 323. The van der Waals surface area contributed by atoms with Crippen LogP contribution in [0.1, 0.15) is 11.1 Å². The van der Waals surface area contributed by atoms with Crippen molar-refractivity contribution in [2.75, 3.05) is 7.11 Å². The van der Waals surface area contributed by atoms with E-state index < -0.39 is 0 Å². The zero-order chi connectivity index (χ0) is 9.84. The number of benzene rings is 1. The lowest BCUT2D eigenvalue weighted by Crippen LogP contribution is -1.99. The van der Waals surface area contributed by atoms with Crippen LogP contribution in [0, 0.1) is 11.8 Å². The van der Waals surface area contributed by atoms with E-state index in [2.05, 4.69) is 4.84 Å². The van der Waals surface area contributed by atoms with E-state index in [4.69, 9.17) is 5.11 Å². The molecule has 0 heterocycles. The minimum absolute atomic E-state index is 0.0159. The second kappa shape index (κ2) is 4.00. The summed E-state index contributed by atoms with van der Waals surface area (Å²) in [5.41, 5.74) is 2.11. The van der Waals surface area contributed by atoms with Crippen molar-refractivity contribution in [1.29, 1.82) is 0 Å². The molecule has 4 heteroatoms. The largest absolute Gasteiger partial charge is 0.392 e. The summed E-state index contributed by atoms with van der Waals surface area (Å²) in [6.07, 6.45) is 0. The molecule has 4 nitrogen and oxygen atoms in total. The van der Waals surface area contributed by atoms with Crippen molar-refractivity contribution in [3.8, 4) is 0 Å². The lowest BCUT2D eigenvalue weighted by atomic mass is 10.1. The van der Waals surface area contributed by atoms with Crippen molar-refractivity contribution in [3.63, 3.8) is 0 Å². The molecule has 0 spiro atoms. The standard InChI is InChI=1S/C9H12NO3/c1-7-5-9(10(12)13-2)4-3-8(7)6-11/h3-5,11H,6H2,1-2H3/q+1. The molecule has 0 saturated carbocycles. The second-order valence-electron chi connectivity index (χ2n) is 2.71. The van der Waals surface area contributed by atoms with Crippen LogP contribution in [0.15, 0.2) is 18.2 Å². The Kier molecular flexibility index (Phi) is 2.97. The van der Waals surface area contributed by atoms with Gasteiger partial charge in [0.2, 0.25) is 0 Å². The number of rotatable bonds is 3. The zero-order valence-electron chi connectivity index (χ0n) is 7.65. The highest BCUT2D eigenvalue weighted by molar-refractivity contribution is 5.38. The second-order valence-corrected chi connectivity index (χ2v) is 2.71. The third-order valence-corrected chi connectivity index (χ3v) is 1.87. The van der Waals surface area contributed by atoms with E-state index in [9.17, 15) is 4.91 Å². The Morgan fingerprint density at radius 2 is 2.23 bits per heavy atom. The monoisotopic (exact) mass is 182 g/mol. The highest BCUT2D eigenvalue weighted by Gasteiger charge is 2.14. The summed E-state index contributed by atoms with van der Waals surface area (Å²) >= 11 is 0. The van der Waals surface area contributed by atoms with Gasteiger partial charge in [0.05, 0.1) is 11.5 Å². The summed E-state index contributed by atoms with van der Waals surface area (Å²) in [7, 11) is 1.31. The van der Waals surface area contributed by atoms with Crippen molar-refractivity contribution in [2.45, 2.75) is 13.5 Å². The van der Waals surface area contributed by atoms with Gasteiger partial charge in [-0.1, -0.05) is 0 Å². The van der Waals surface area contributed by atoms with Crippen molar-refractivity contribution in [1.82, 2.24) is 0 Å². The highest BCUT2D eigenvalue weighted by Crippen LogP contribution is 2.17. The molecule has 1 rings (SSSR count). The molecule has 0 unspecified atom stereocenters. The summed E-state index contributed by atoms with van der Waals surface area (Å²) in [6, 6.07) is 4.98. The van der Waals surface area contributed by atoms with Crippen LogP contribution in [0.5, 0.6) is 0 Å². The molecule has 0 aliphatic carbocycles. The predicted octanol–water partition coefficient (Wildman–Crippen LogP) is 1.46. The van der Waals surface area contributed by atoms with Crippen molar-refractivity contribution in [2.24, 2.45) is 0 Å². The lowest BCUT2D eigenvalue weighted by molar-refractivity contribution is -0.736. The molecule has 13 heavy (non-hydrogen) atoms. The maximum Gasteiger partial charge on any atom is 0.317 e. The molecule has 0 aromatic heterocycles. The molecule has 0 amide bonds. The van der Waals surface area contributed by atoms with Gasteiger partial charge in [-0.2, -0.15) is 0 Å². The average molecular weight is 182 g/mol. The molecule has 1 aromatic carbocycles. The Labute approximate surface area is 76.3 Å². The average Bonchev–Trinajstić information content (AvgIpc) is 2.16. The van der Waals surface area contributed by atoms with Crippen LogP contribution >= 0.6 is 0 Å². The molecule has 70 valence electrons. The summed E-state index contributed by atoms with van der Waals surface area (Å²) in [5.74, 6) is 0. The molecule has 0 bridgehead atoms. The number of aryl methyl sites for hydroxylation is 1. The molecule has 1 aromatic rings. The first-order valence-electron chi connectivity index (χ1n) is 3.90. The van der Waals surface area contributed by atoms with Crippen LogP contribution in [-0.4, -0.2) is 17.1 Å². The third-order valence-electron chi connectivity index (χ3n) is 1.87. The van der Waals surface area contributed by atoms with Gasteiger partial charge in [-0.25, -0.2) is 4.84 Å². The first kappa shape index (κ1) is 9.67. The van der Waals surface area contributed by atoms with E-state index in [1.54, 1.807) is 18.2 Å². The van der Waals surface area contributed by atoms with Gasteiger partial charge in [-0.15, -0.1) is 0 Å². The lowest BCUT2D eigenvalue weighted by Gasteiger charge is -1.99. The molecule has 1 N–H and O–H groups in total. The first-order valence-corrected chi connectivity index (χ1v) is 3.90. The van der Waals surface area contributed by atoms with E-state index >= 15 is 0 Å². The number of aliphatic hydroxyl groups excluding tert-OH is 1. The van der Waals surface area contributed by atoms with Crippen molar-refractivity contribution in [3.05, 3.63) is 34.2 Å². The molecule has 0 aliphatic rings. The molecule has 0 atom stereocenters. The minimum atomic E-state index is -0.0159. The summed E-state index contributed by atoms with van der Waals surface area (Å²) in [5, 5.41) is 8.88. The fraction of sp³-hybridized carbons (Fsp3) is 0.333. The number of hydrogen-bond donors (Lipinski definition) is 1. The van der Waals surface area contributed by atoms with Crippen LogP contribution < -0.4 is 0 Å². The van der Waals surface area contributed by atoms with Gasteiger partial charge in [0.1, 0.15) is 0 Å². The molecule has 0 aliphatic heterocycles. The van der Waals surface area contributed by atoms with E-state index in [1.807, 2.05) is 6.92 Å². The Balaban J connectivity index is 3.02. The van der Waals surface area contributed by atoms with E-state index in [1.165, 1.54) is 7.11 Å². The normalized spacial score (nSPS) is 9.77. The third kappa shape index (κ3) is 2.03. The summed E-state index contributed by atoms with van der Waals surface area (Å²) in [6.45, 7) is 1.82. The molecule has 0 radical (unpaired) electrons. The Morgan fingerprint density at radius 3 is 2.69 bits per heavy atom. The zero-order valence-corrected chi connectivity index (χ0v) is 7.65. The molecular weight excluding hydrogens is 170 g/mol.